The fraction of sp³-hybridized carbons (Fsp3) is 0.188. The van der Waals surface area contributed by atoms with Crippen molar-refractivity contribution in [2.24, 2.45) is 0 Å². The molecule has 0 aliphatic heterocycles. The monoisotopic (exact) mass is 336 g/mol. The molecule has 0 aliphatic rings. The largest absolute Gasteiger partial charge is 0.495 e. The van der Waals surface area contributed by atoms with E-state index < -0.39 is 0 Å². The van der Waals surface area contributed by atoms with E-state index in [2.05, 4.69) is 5.32 Å². The van der Waals surface area contributed by atoms with Crippen LogP contribution in [-0.2, 0) is 0 Å². The Balaban J connectivity index is 2.31. The van der Waals surface area contributed by atoms with Crippen molar-refractivity contribution in [2.45, 2.75) is 0 Å². The van der Waals surface area contributed by atoms with Crippen molar-refractivity contribution in [1.82, 2.24) is 0 Å². The maximum atomic E-state index is 12.4. The molecule has 6 nitrogen and oxygen atoms in total. The number of hydrogen-bond donors (Lipinski definition) is 2. The molecule has 0 heterocycles. The molecule has 2 aromatic rings. The zero-order valence-electron chi connectivity index (χ0n) is 13.0. The summed E-state index contributed by atoms with van der Waals surface area (Å²) in [4.78, 5) is 12.4. The summed E-state index contributed by atoms with van der Waals surface area (Å²) in [5.41, 5.74) is 7.02. The van der Waals surface area contributed by atoms with E-state index in [9.17, 15) is 4.79 Å². The van der Waals surface area contributed by atoms with E-state index in [4.69, 9.17) is 31.5 Å². The van der Waals surface area contributed by atoms with Gasteiger partial charge >= 0.3 is 0 Å². The lowest BCUT2D eigenvalue weighted by molar-refractivity contribution is 0.102. The summed E-state index contributed by atoms with van der Waals surface area (Å²) in [7, 11) is 4.49. The Morgan fingerprint density at radius 3 is 2.22 bits per heavy atom. The van der Waals surface area contributed by atoms with Crippen LogP contribution in [0, 0.1) is 0 Å². The minimum Gasteiger partial charge on any atom is -0.495 e. The lowest BCUT2D eigenvalue weighted by Gasteiger charge is -2.13. The molecule has 0 aromatic heterocycles. The second kappa shape index (κ2) is 7.11. The number of carbonyl (C=O) groups excluding carboxylic acids is 1. The maximum Gasteiger partial charge on any atom is 0.255 e. The highest BCUT2D eigenvalue weighted by Crippen LogP contribution is 2.36. The topological polar surface area (TPSA) is 82.8 Å². The van der Waals surface area contributed by atoms with Crippen LogP contribution in [0.1, 0.15) is 10.4 Å². The quantitative estimate of drug-likeness (QED) is 0.819. The predicted molar refractivity (Wildman–Crippen MR) is 89.9 cm³/mol. The van der Waals surface area contributed by atoms with Gasteiger partial charge in [0.05, 0.1) is 37.7 Å². The Kier molecular flexibility index (Phi) is 5.18. The van der Waals surface area contributed by atoms with Gasteiger partial charge in [0.2, 0.25) is 0 Å². The van der Waals surface area contributed by atoms with Gasteiger partial charge in [-0.05, 0) is 18.2 Å². The Hall–Kier alpha value is -2.60. The van der Waals surface area contributed by atoms with Crippen molar-refractivity contribution in [2.75, 3.05) is 32.4 Å². The van der Waals surface area contributed by atoms with Crippen LogP contribution in [0.2, 0.25) is 5.02 Å². The molecule has 0 atom stereocenters. The molecule has 0 aliphatic carbocycles. The summed E-state index contributed by atoms with van der Waals surface area (Å²) < 4.78 is 15.4. The lowest BCUT2D eigenvalue weighted by atomic mass is 10.1. The summed E-state index contributed by atoms with van der Waals surface area (Å²) in [6.45, 7) is 0. The fourth-order valence-corrected chi connectivity index (χ4v) is 2.26. The first-order chi connectivity index (χ1) is 11.0. The number of methoxy groups -OCH3 is 3. The van der Waals surface area contributed by atoms with E-state index in [1.54, 1.807) is 24.3 Å². The van der Waals surface area contributed by atoms with Gasteiger partial charge in [-0.25, -0.2) is 0 Å². The van der Waals surface area contributed by atoms with Crippen LogP contribution in [0.4, 0.5) is 11.4 Å². The second-order valence-electron chi connectivity index (χ2n) is 4.60. The Bertz CT molecular complexity index is 734. The van der Waals surface area contributed by atoms with Crippen LogP contribution in [-0.4, -0.2) is 27.2 Å². The SMILES string of the molecule is COc1ccc(C(=O)Nc2cc(OC)c(Cl)cc2OC)cc1N. The third-order valence-electron chi connectivity index (χ3n) is 3.21. The molecule has 23 heavy (non-hydrogen) atoms. The van der Waals surface area contributed by atoms with Gasteiger partial charge in [0, 0.05) is 17.7 Å². The molecular weight excluding hydrogens is 320 g/mol. The minimum atomic E-state index is -0.345. The highest BCUT2D eigenvalue weighted by Gasteiger charge is 2.14. The van der Waals surface area contributed by atoms with Gasteiger partial charge in [-0.2, -0.15) is 0 Å². The molecule has 2 rings (SSSR count). The van der Waals surface area contributed by atoms with E-state index in [1.165, 1.54) is 27.4 Å². The smallest absolute Gasteiger partial charge is 0.255 e. The molecule has 3 N–H and O–H groups in total. The zero-order chi connectivity index (χ0) is 17.0. The van der Waals surface area contributed by atoms with Gasteiger partial charge < -0.3 is 25.3 Å². The molecule has 0 radical (unpaired) electrons. The van der Waals surface area contributed by atoms with Crippen LogP contribution >= 0.6 is 11.6 Å². The van der Waals surface area contributed by atoms with Gasteiger partial charge in [-0.3, -0.25) is 4.79 Å². The third-order valence-corrected chi connectivity index (χ3v) is 3.51. The minimum absolute atomic E-state index is 0.345. The summed E-state index contributed by atoms with van der Waals surface area (Å²) >= 11 is 6.04. The molecule has 0 fully saturated rings. The third kappa shape index (κ3) is 3.60. The van der Waals surface area contributed by atoms with E-state index >= 15 is 0 Å². The van der Waals surface area contributed by atoms with E-state index in [-0.39, 0.29) is 5.91 Å². The average Bonchev–Trinajstić information content (AvgIpc) is 2.55. The molecule has 0 spiro atoms. The van der Waals surface area contributed by atoms with Crippen molar-refractivity contribution in [3.8, 4) is 17.2 Å². The standard InChI is InChI=1S/C16H17ClN2O4/c1-21-13-5-4-9(6-11(13)18)16(20)19-12-8-14(22-2)10(17)7-15(12)23-3/h4-8H,18H2,1-3H3,(H,19,20). The van der Waals surface area contributed by atoms with Crippen LogP contribution < -0.4 is 25.3 Å². The lowest BCUT2D eigenvalue weighted by Crippen LogP contribution is -2.13. The number of nitrogens with two attached hydrogens (primary N) is 1. The Labute approximate surface area is 139 Å². The van der Waals surface area contributed by atoms with Crippen LogP contribution in [0.15, 0.2) is 30.3 Å². The zero-order valence-corrected chi connectivity index (χ0v) is 13.7. The molecule has 7 heteroatoms. The van der Waals surface area contributed by atoms with Crippen LogP contribution in [0.25, 0.3) is 0 Å². The van der Waals surface area contributed by atoms with Crippen molar-refractivity contribution < 1.29 is 19.0 Å². The molecular formula is C16H17ClN2O4. The van der Waals surface area contributed by atoms with Crippen molar-refractivity contribution in [1.29, 1.82) is 0 Å². The van der Waals surface area contributed by atoms with Crippen molar-refractivity contribution in [3.63, 3.8) is 0 Å². The number of benzene rings is 2. The first-order valence-corrected chi connectivity index (χ1v) is 7.04. The van der Waals surface area contributed by atoms with Gasteiger partial charge in [0.25, 0.3) is 5.91 Å². The number of anilines is 2. The van der Waals surface area contributed by atoms with Crippen molar-refractivity contribution >= 4 is 28.9 Å². The van der Waals surface area contributed by atoms with Gasteiger partial charge in [0.1, 0.15) is 17.2 Å². The van der Waals surface area contributed by atoms with Crippen LogP contribution in [0.5, 0.6) is 17.2 Å². The Morgan fingerprint density at radius 1 is 1.00 bits per heavy atom. The maximum absolute atomic E-state index is 12.4. The van der Waals surface area contributed by atoms with Gasteiger partial charge in [-0.1, -0.05) is 11.6 Å². The summed E-state index contributed by atoms with van der Waals surface area (Å²) in [6, 6.07) is 7.94. The number of ether oxygens (including phenoxy) is 3. The van der Waals surface area contributed by atoms with Gasteiger partial charge in [-0.15, -0.1) is 0 Å². The number of carbonyl (C=O) groups is 1. The Morgan fingerprint density at radius 2 is 1.65 bits per heavy atom. The number of rotatable bonds is 5. The van der Waals surface area contributed by atoms with Crippen molar-refractivity contribution in [3.05, 3.63) is 40.9 Å². The summed E-state index contributed by atoms with van der Waals surface area (Å²) in [5.74, 6) is 1.01. The first kappa shape index (κ1) is 16.8. The summed E-state index contributed by atoms with van der Waals surface area (Å²) in [5, 5.41) is 3.13. The highest BCUT2D eigenvalue weighted by atomic mass is 35.5. The van der Waals surface area contributed by atoms with E-state index in [1.807, 2.05) is 0 Å². The number of amides is 1. The number of nitrogen functional groups attached to an aromatic ring is 1. The molecule has 0 saturated heterocycles. The summed E-state index contributed by atoms with van der Waals surface area (Å²) in [6.07, 6.45) is 0. The fourth-order valence-electron chi connectivity index (χ4n) is 2.03. The molecule has 0 saturated carbocycles. The van der Waals surface area contributed by atoms with E-state index in [0.717, 1.165) is 0 Å². The average molecular weight is 337 g/mol. The number of hydrogen-bond acceptors (Lipinski definition) is 5. The second-order valence-corrected chi connectivity index (χ2v) is 5.01. The molecule has 2 aromatic carbocycles. The highest BCUT2D eigenvalue weighted by molar-refractivity contribution is 6.32. The predicted octanol–water partition coefficient (Wildman–Crippen LogP) is 3.20. The first-order valence-electron chi connectivity index (χ1n) is 6.66. The van der Waals surface area contributed by atoms with Gasteiger partial charge in [0.15, 0.2) is 0 Å². The normalized spacial score (nSPS) is 10.1. The molecule has 1 amide bonds. The van der Waals surface area contributed by atoms with E-state index in [0.29, 0.717) is 39.2 Å². The molecule has 0 unspecified atom stereocenters. The molecule has 0 bridgehead atoms. The number of nitrogens with one attached hydrogen (secondary N) is 1. The number of halogens is 1. The van der Waals surface area contributed by atoms with Crippen LogP contribution in [0.3, 0.4) is 0 Å². The molecule has 122 valence electrons.